The maximum atomic E-state index is 5.62. The zero-order valence-corrected chi connectivity index (χ0v) is 11.0. The van der Waals surface area contributed by atoms with Crippen LogP contribution in [0.4, 0.5) is 0 Å². The van der Waals surface area contributed by atoms with Gasteiger partial charge in [-0.1, -0.05) is 42.5 Å². The van der Waals surface area contributed by atoms with E-state index in [1.807, 2.05) is 42.6 Å². The van der Waals surface area contributed by atoms with Gasteiger partial charge in [-0.15, -0.1) is 0 Å². The monoisotopic (exact) mass is 253 g/mol. The van der Waals surface area contributed by atoms with E-state index in [0.29, 0.717) is 6.61 Å². The molecule has 0 aliphatic rings. The van der Waals surface area contributed by atoms with Crippen molar-refractivity contribution in [2.75, 3.05) is 6.61 Å². The summed E-state index contributed by atoms with van der Waals surface area (Å²) in [6, 6.07) is 16.2. The first-order valence-corrected chi connectivity index (χ1v) is 6.64. The number of unbranched alkanes of at least 4 members (excludes halogenated alkanes) is 1. The molecule has 2 nitrogen and oxygen atoms in total. The highest BCUT2D eigenvalue weighted by molar-refractivity contribution is 5.43. The molecule has 1 aromatic carbocycles. The molecular formula is C17H19NO. The summed E-state index contributed by atoms with van der Waals surface area (Å²) < 4.78 is 5.62. The Kier molecular flexibility index (Phi) is 5.84. The highest BCUT2D eigenvalue weighted by atomic mass is 16.5. The number of ether oxygens (including phenoxy) is 1. The van der Waals surface area contributed by atoms with E-state index in [0.717, 1.165) is 25.1 Å². The lowest BCUT2D eigenvalue weighted by atomic mass is 10.2. The van der Waals surface area contributed by atoms with Gasteiger partial charge in [0.05, 0.1) is 12.3 Å². The van der Waals surface area contributed by atoms with Crippen LogP contribution in [0, 0.1) is 0 Å². The zero-order valence-electron chi connectivity index (χ0n) is 11.0. The Hall–Kier alpha value is -1.93. The Labute approximate surface area is 114 Å². The molecule has 0 spiro atoms. The second kappa shape index (κ2) is 8.22. The van der Waals surface area contributed by atoms with Crippen LogP contribution in [0.15, 0.2) is 60.8 Å². The minimum Gasteiger partial charge on any atom is -0.377 e. The molecule has 19 heavy (non-hydrogen) atoms. The summed E-state index contributed by atoms with van der Waals surface area (Å²) in [5, 5.41) is 0. The number of allylic oxidation sites excluding steroid dienone is 1. The molecule has 2 heteroatoms. The largest absolute Gasteiger partial charge is 0.377 e. The Balaban J connectivity index is 1.56. The Bertz CT molecular complexity index is 479. The van der Waals surface area contributed by atoms with Crippen molar-refractivity contribution in [3.63, 3.8) is 0 Å². The normalized spacial score (nSPS) is 10.9. The van der Waals surface area contributed by atoms with Gasteiger partial charge in [-0.2, -0.15) is 0 Å². The van der Waals surface area contributed by atoms with Gasteiger partial charge in [-0.3, -0.25) is 4.98 Å². The Morgan fingerprint density at radius 3 is 2.63 bits per heavy atom. The van der Waals surface area contributed by atoms with Gasteiger partial charge >= 0.3 is 0 Å². The minimum atomic E-state index is 0.699. The Morgan fingerprint density at radius 1 is 1.00 bits per heavy atom. The van der Waals surface area contributed by atoms with Gasteiger partial charge in [0.15, 0.2) is 0 Å². The molecule has 98 valence electrons. The van der Waals surface area contributed by atoms with Crippen molar-refractivity contribution < 1.29 is 4.74 Å². The van der Waals surface area contributed by atoms with Gasteiger partial charge in [0, 0.05) is 12.8 Å². The average Bonchev–Trinajstić information content (AvgIpc) is 2.48. The van der Waals surface area contributed by atoms with E-state index in [2.05, 4.69) is 29.3 Å². The molecule has 1 heterocycles. The van der Waals surface area contributed by atoms with Crippen LogP contribution in [0.2, 0.25) is 0 Å². The lowest BCUT2D eigenvalue weighted by Crippen LogP contribution is -1.94. The highest BCUT2D eigenvalue weighted by Crippen LogP contribution is 2.03. The minimum absolute atomic E-state index is 0.699. The fraction of sp³-hybridized carbons (Fsp3) is 0.235. The molecule has 0 unspecified atom stereocenters. The second-order valence-electron chi connectivity index (χ2n) is 4.34. The molecule has 2 aromatic rings. The van der Waals surface area contributed by atoms with Gasteiger partial charge in [-0.25, -0.2) is 0 Å². The van der Waals surface area contributed by atoms with E-state index in [-0.39, 0.29) is 0 Å². The van der Waals surface area contributed by atoms with Crippen LogP contribution in [0.1, 0.15) is 24.1 Å². The molecule has 0 aliphatic carbocycles. The van der Waals surface area contributed by atoms with E-state index in [9.17, 15) is 0 Å². The second-order valence-corrected chi connectivity index (χ2v) is 4.34. The molecule has 2 rings (SSSR count). The lowest BCUT2D eigenvalue weighted by Gasteiger charge is -2.02. The number of aromatic nitrogens is 1. The number of hydrogen-bond acceptors (Lipinski definition) is 2. The van der Waals surface area contributed by atoms with Crippen molar-refractivity contribution >= 4 is 6.08 Å². The SMILES string of the molecule is C(=C/c1ccccn1)/CCCOCc1ccccc1. The molecule has 0 saturated heterocycles. The third-order valence-electron chi connectivity index (χ3n) is 2.75. The highest BCUT2D eigenvalue weighted by Gasteiger charge is 1.91. The number of hydrogen-bond donors (Lipinski definition) is 0. The van der Waals surface area contributed by atoms with E-state index in [1.54, 1.807) is 0 Å². The predicted octanol–water partition coefficient (Wildman–Crippen LogP) is 4.09. The van der Waals surface area contributed by atoms with Crippen molar-refractivity contribution in [1.82, 2.24) is 4.98 Å². The molecular weight excluding hydrogens is 234 g/mol. The summed E-state index contributed by atoms with van der Waals surface area (Å²) in [6.07, 6.45) is 8.07. The third-order valence-corrected chi connectivity index (χ3v) is 2.75. The van der Waals surface area contributed by atoms with Crippen LogP contribution in [0.25, 0.3) is 6.08 Å². The molecule has 0 N–H and O–H groups in total. The molecule has 1 aromatic heterocycles. The third kappa shape index (κ3) is 5.49. The van der Waals surface area contributed by atoms with Crippen LogP contribution in [0.5, 0.6) is 0 Å². The van der Waals surface area contributed by atoms with Crippen molar-refractivity contribution in [3.8, 4) is 0 Å². The fourth-order valence-corrected chi connectivity index (χ4v) is 1.75. The molecule has 0 saturated carbocycles. The zero-order chi connectivity index (χ0) is 13.2. The number of nitrogens with zero attached hydrogens (tertiary/aromatic N) is 1. The molecule has 0 bridgehead atoms. The number of pyridine rings is 1. The van der Waals surface area contributed by atoms with E-state index < -0.39 is 0 Å². The van der Waals surface area contributed by atoms with Crippen molar-refractivity contribution in [3.05, 3.63) is 72.1 Å². The molecule has 0 radical (unpaired) electrons. The summed E-state index contributed by atoms with van der Waals surface area (Å²) in [5.41, 5.74) is 2.24. The summed E-state index contributed by atoms with van der Waals surface area (Å²) in [7, 11) is 0. The lowest BCUT2D eigenvalue weighted by molar-refractivity contribution is 0.119. The van der Waals surface area contributed by atoms with E-state index in [1.165, 1.54) is 5.56 Å². The van der Waals surface area contributed by atoms with Crippen molar-refractivity contribution in [2.45, 2.75) is 19.4 Å². The van der Waals surface area contributed by atoms with Gasteiger partial charge < -0.3 is 4.74 Å². The van der Waals surface area contributed by atoms with E-state index >= 15 is 0 Å². The van der Waals surface area contributed by atoms with Gasteiger partial charge in [-0.05, 0) is 36.6 Å². The maximum absolute atomic E-state index is 5.62. The number of benzene rings is 1. The van der Waals surface area contributed by atoms with E-state index in [4.69, 9.17) is 4.74 Å². The summed E-state index contributed by atoms with van der Waals surface area (Å²) in [4.78, 5) is 4.23. The van der Waals surface area contributed by atoms with Gasteiger partial charge in [0.25, 0.3) is 0 Å². The smallest absolute Gasteiger partial charge is 0.0716 e. The standard InChI is InChI=1S/C17H19NO/c1-3-9-16(10-4-1)15-19-14-8-2-5-11-17-12-6-7-13-18-17/h1,3-7,9-13H,2,8,14-15H2/b11-5-. The van der Waals surface area contributed by atoms with Gasteiger partial charge in [0.1, 0.15) is 0 Å². The first kappa shape index (κ1) is 13.5. The topological polar surface area (TPSA) is 22.1 Å². The predicted molar refractivity (Wildman–Crippen MR) is 78.6 cm³/mol. The molecule has 0 aliphatic heterocycles. The van der Waals surface area contributed by atoms with Crippen LogP contribution in [-0.4, -0.2) is 11.6 Å². The van der Waals surface area contributed by atoms with Crippen LogP contribution >= 0.6 is 0 Å². The summed E-state index contributed by atoms with van der Waals surface area (Å²) >= 11 is 0. The van der Waals surface area contributed by atoms with Crippen LogP contribution in [-0.2, 0) is 11.3 Å². The Morgan fingerprint density at radius 2 is 1.84 bits per heavy atom. The average molecular weight is 253 g/mol. The molecule has 0 fully saturated rings. The quantitative estimate of drug-likeness (QED) is 0.693. The molecule has 0 amide bonds. The number of rotatable bonds is 7. The first-order valence-electron chi connectivity index (χ1n) is 6.64. The molecule has 0 atom stereocenters. The van der Waals surface area contributed by atoms with Crippen molar-refractivity contribution in [2.24, 2.45) is 0 Å². The summed E-state index contributed by atoms with van der Waals surface area (Å²) in [6.45, 7) is 1.49. The van der Waals surface area contributed by atoms with Crippen molar-refractivity contribution in [1.29, 1.82) is 0 Å². The summed E-state index contributed by atoms with van der Waals surface area (Å²) in [5.74, 6) is 0. The maximum Gasteiger partial charge on any atom is 0.0716 e. The van der Waals surface area contributed by atoms with Crippen LogP contribution in [0.3, 0.4) is 0 Å². The first-order chi connectivity index (χ1) is 9.45. The van der Waals surface area contributed by atoms with Gasteiger partial charge in [0.2, 0.25) is 0 Å². The fourth-order valence-electron chi connectivity index (χ4n) is 1.75. The van der Waals surface area contributed by atoms with Crippen LogP contribution < -0.4 is 0 Å².